The van der Waals surface area contributed by atoms with Gasteiger partial charge in [-0.2, -0.15) is 5.10 Å². The monoisotopic (exact) mass is 305 g/mol. The minimum absolute atomic E-state index is 0.161. The van der Waals surface area contributed by atoms with Crippen molar-refractivity contribution >= 4 is 33.5 Å². The number of para-hydroxylation sites is 1. The molecule has 2 N–H and O–H groups in total. The highest BCUT2D eigenvalue weighted by molar-refractivity contribution is 6.06. The lowest BCUT2D eigenvalue weighted by molar-refractivity contribution is 0.101. The molecular weight excluding hydrogens is 290 g/mol. The summed E-state index contributed by atoms with van der Waals surface area (Å²) in [6.07, 6.45) is 1.61. The summed E-state index contributed by atoms with van der Waals surface area (Å²) in [5, 5.41) is 11.8. The minimum Gasteiger partial charge on any atom is -0.340 e. The van der Waals surface area contributed by atoms with Crippen molar-refractivity contribution < 1.29 is 4.79 Å². The summed E-state index contributed by atoms with van der Waals surface area (Å²) >= 11 is 0. The van der Waals surface area contributed by atoms with Crippen molar-refractivity contribution in [2.24, 2.45) is 7.05 Å². The maximum atomic E-state index is 12.6. The van der Waals surface area contributed by atoms with Crippen molar-refractivity contribution in [3.63, 3.8) is 0 Å². The number of anilines is 1. The van der Waals surface area contributed by atoms with Crippen molar-refractivity contribution in [2.75, 3.05) is 5.32 Å². The number of H-pyrrole nitrogens is 1. The first kappa shape index (κ1) is 13.5. The lowest BCUT2D eigenvalue weighted by Gasteiger charge is -2.06. The van der Waals surface area contributed by atoms with Gasteiger partial charge in [0.25, 0.3) is 5.91 Å². The molecule has 3 heterocycles. The first-order chi connectivity index (χ1) is 11.1. The van der Waals surface area contributed by atoms with Crippen LogP contribution in [0.1, 0.15) is 16.2 Å². The van der Waals surface area contributed by atoms with E-state index in [0.717, 1.165) is 22.0 Å². The fourth-order valence-corrected chi connectivity index (χ4v) is 2.79. The molecule has 0 aliphatic heterocycles. The molecule has 0 saturated carbocycles. The van der Waals surface area contributed by atoms with E-state index in [9.17, 15) is 4.79 Å². The van der Waals surface area contributed by atoms with Gasteiger partial charge in [-0.05, 0) is 25.1 Å². The largest absolute Gasteiger partial charge is 0.340 e. The van der Waals surface area contributed by atoms with Crippen LogP contribution in [-0.2, 0) is 7.05 Å². The number of pyridine rings is 1. The molecule has 0 atom stereocenters. The second kappa shape index (κ2) is 4.95. The standard InChI is InChI=1S/C17H15N5O/c1-10-13-8-12(9-18-16(13)21-20-10)19-17(23)15-7-11-5-3-4-6-14(11)22(15)2/h3-9H,1-2H3,(H,19,23)(H,18,20,21). The average molecular weight is 305 g/mol. The van der Waals surface area contributed by atoms with E-state index < -0.39 is 0 Å². The van der Waals surface area contributed by atoms with E-state index in [4.69, 9.17) is 0 Å². The molecule has 0 aliphatic carbocycles. The van der Waals surface area contributed by atoms with Gasteiger partial charge in [-0.1, -0.05) is 18.2 Å². The number of carbonyl (C=O) groups is 1. The van der Waals surface area contributed by atoms with Crippen LogP contribution in [0.4, 0.5) is 5.69 Å². The number of hydrogen-bond acceptors (Lipinski definition) is 3. The molecule has 4 aromatic rings. The van der Waals surface area contributed by atoms with Crippen LogP contribution in [0.15, 0.2) is 42.6 Å². The van der Waals surface area contributed by atoms with Crippen LogP contribution in [0.2, 0.25) is 0 Å². The van der Waals surface area contributed by atoms with Gasteiger partial charge in [0.15, 0.2) is 5.65 Å². The van der Waals surface area contributed by atoms with Crippen molar-refractivity contribution in [3.05, 3.63) is 54.0 Å². The van der Waals surface area contributed by atoms with E-state index in [1.807, 2.05) is 54.9 Å². The highest BCUT2D eigenvalue weighted by atomic mass is 16.1. The van der Waals surface area contributed by atoms with Crippen molar-refractivity contribution in [3.8, 4) is 0 Å². The number of fused-ring (bicyclic) bond motifs is 2. The van der Waals surface area contributed by atoms with Crippen LogP contribution in [0.3, 0.4) is 0 Å². The molecule has 0 bridgehead atoms. The molecule has 0 unspecified atom stereocenters. The Morgan fingerprint density at radius 2 is 2.09 bits per heavy atom. The van der Waals surface area contributed by atoms with Crippen LogP contribution < -0.4 is 5.32 Å². The van der Waals surface area contributed by atoms with Gasteiger partial charge in [0.05, 0.1) is 11.9 Å². The minimum atomic E-state index is -0.161. The topological polar surface area (TPSA) is 75.6 Å². The number of benzene rings is 1. The first-order valence-electron chi connectivity index (χ1n) is 7.30. The van der Waals surface area contributed by atoms with Gasteiger partial charge in [0.2, 0.25) is 0 Å². The first-order valence-corrected chi connectivity index (χ1v) is 7.30. The predicted octanol–water partition coefficient (Wildman–Crippen LogP) is 3.01. The Balaban J connectivity index is 1.70. The molecular formula is C17H15N5O. The zero-order chi connectivity index (χ0) is 16.0. The van der Waals surface area contributed by atoms with E-state index >= 15 is 0 Å². The number of nitrogens with one attached hydrogen (secondary N) is 2. The van der Waals surface area contributed by atoms with Gasteiger partial charge < -0.3 is 9.88 Å². The second-order valence-corrected chi connectivity index (χ2v) is 5.55. The lowest BCUT2D eigenvalue weighted by atomic mass is 10.2. The number of aromatic nitrogens is 4. The summed E-state index contributed by atoms with van der Waals surface area (Å²) in [5.74, 6) is -0.161. The van der Waals surface area contributed by atoms with Gasteiger partial charge >= 0.3 is 0 Å². The lowest BCUT2D eigenvalue weighted by Crippen LogP contribution is -2.15. The quantitative estimate of drug-likeness (QED) is 0.598. The Morgan fingerprint density at radius 3 is 2.91 bits per heavy atom. The number of aromatic amines is 1. The fourth-order valence-electron chi connectivity index (χ4n) is 2.79. The zero-order valence-corrected chi connectivity index (χ0v) is 12.8. The van der Waals surface area contributed by atoms with Crippen LogP contribution in [0.25, 0.3) is 21.9 Å². The highest BCUT2D eigenvalue weighted by Crippen LogP contribution is 2.21. The van der Waals surface area contributed by atoms with Gasteiger partial charge in [-0.15, -0.1) is 0 Å². The van der Waals surface area contributed by atoms with Crippen LogP contribution >= 0.6 is 0 Å². The Hall–Kier alpha value is -3.15. The molecule has 0 fully saturated rings. The average Bonchev–Trinajstić information content (AvgIpc) is 3.09. The molecule has 23 heavy (non-hydrogen) atoms. The van der Waals surface area contributed by atoms with Crippen LogP contribution in [0.5, 0.6) is 0 Å². The zero-order valence-electron chi connectivity index (χ0n) is 12.8. The van der Waals surface area contributed by atoms with E-state index in [1.54, 1.807) is 6.20 Å². The maximum absolute atomic E-state index is 12.6. The van der Waals surface area contributed by atoms with Gasteiger partial charge in [0, 0.05) is 29.0 Å². The number of aryl methyl sites for hydroxylation is 2. The van der Waals surface area contributed by atoms with Crippen LogP contribution in [-0.4, -0.2) is 25.7 Å². The highest BCUT2D eigenvalue weighted by Gasteiger charge is 2.14. The molecule has 4 rings (SSSR count). The molecule has 1 amide bonds. The third kappa shape index (κ3) is 2.15. The predicted molar refractivity (Wildman–Crippen MR) is 89.5 cm³/mol. The number of amides is 1. The van der Waals surface area contributed by atoms with Gasteiger partial charge in [0.1, 0.15) is 5.69 Å². The van der Waals surface area contributed by atoms with Crippen LogP contribution in [0, 0.1) is 6.92 Å². The summed E-state index contributed by atoms with van der Waals surface area (Å²) < 4.78 is 1.89. The Morgan fingerprint density at radius 1 is 1.26 bits per heavy atom. The third-order valence-corrected chi connectivity index (χ3v) is 4.04. The second-order valence-electron chi connectivity index (χ2n) is 5.55. The van der Waals surface area contributed by atoms with Gasteiger partial charge in [-0.3, -0.25) is 9.89 Å². The summed E-state index contributed by atoms with van der Waals surface area (Å²) in [7, 11) is 1.89. The van der Waals surface area contributed by atoms with Crippen molar-refractivity contribution in [1.29, 1.82) is 0 Å². The van der Waals surface area contributed by atoms with Crippen molar-refractivity contribution in [2.45, 2.75) is 6.92 Å². The molecule has 0 aliphatic rings. The SMILES string of the molecule is Cc1[nH]nc2ncc(NC(=O)c3cc4ccccc4n3C)cc12. The molecule has 0 saturated heterocycles. The number of nitrogens with zero attached hydrogens (tertiary/aromatic N) is 3. The van der Waals surface area contributed by atoms with Gasteiger partial charge in [-0.25, -0.2) is 4.98 Å². The number of rotatable bonds is 2. The Kier molecular flexibility index (Phi) is 2.90. The number of carbonyl (C=O) groups excluding carboxylic acids is 1. The number of hydrogen-bond donors (Lipinski definition) is 2. The van der Waals surface area contributed by atoms with E-state index in [-0.39, 0.29) is 5.91 Å². The van der Waals surface area contributed by atoms with Crippen molar-refractivity contribution in [1.82, 2.24) is 19.7 Å². The molecule has 6 nitrogen and oxygen atoms in total. The molecule has 114 valence electrons. The van der Waals surface area contributed by atoms with E-state index in [1.165, 1.54) is 0 Å². The normalized spacial score (nSPS) is 11.2. The molecule has 0 spiro atoms. The summed E-state index contributed by atoms with van der Waals surface area (Å²) in [6, 6.07) is 11.7. The summed E-state index contributed by atoms with van der Waals surface area (Å²) in [6.45, 7) is 1.92. The van der Waals surface area contributed by atoms with E-state index in [2.05, 4.69) is 20.5 Å². The molecule has 3 aromatic heterocycles. The Bertz CT molecular complexity index is 1040. The Labute approximate surface area is 132 Å². The molecule has 6 heteroatoms. The summed E-state index contributed by atoms with van der Waals surface area (Å²) in [4.78, 5) is 16.8. The molecule has 0 radical (unpaired) electrons. The summed E-state index contributed by atoms with van der Waals surface area (Å²) in [5.41, 5.74) is 3.85. The van der Waals surface area contributed by atoms with E-state index in [0.29, 0.717) is 17.0 Å². The smallest absolute Gasteiger partial charge is 0.272 e. The third-order valence-electron chi connectivity index (χ3n) is 4.04. The maximum Gasteiger partial charge on any atom is 0.272 e. The molecule has 1 aromatic carbocycles. The fraction of sp³-hybridized carbons (Fsp3) is 0.118.